The first-order valence-electron chi connectivity index (χ1n) is 6.50. The van der Waals surface area contributed by atoms with Crippen LogP contribution >= 0.6 is 12.4 Å². The van der Waals surface area contributed by atoms with Crippen molar-refractivity contribution in [2.24, 2.45) is 0 Å². The summed E-state index contributed by atoms with van der Waals surface area (Å²) in [4.78, 5) is 11.5. The molecule has 1 aromatic carbocycles. The lowest BCUT2D eigenvalue weighted by molar-refractivity contribution is -0.121. The van der Waals surface area contributed by atoms with Crippen LogP contribution in [-0.2, 0) is 4.79 Å². The lowest BCUT2D eigenvalue weighted by atomic mass is 10.3. The average Bonchev–Trinajstić information content (AvgIpc) is 2.39. The van der Waals surface area contributed by atoms with Gasteiger partial charge in [0.1, 0.15) is 11.6 Å². The molecule has 0 aliphatic rings. The van der Waals surface area contributed by atoms with Crippen LogP contribution in [0.5, 0.6) is 5.75 Å². The normalized spacial score (nSPS) is 11.3. The van der Waals surface area contributed by atoms with Crippen molar-refractivity contribution < 1.29 is 13.9 Å². The highest BCUT2D eigenvalue weighted by molar-refractivity contribution is 5.85. The number of hydrogen-bond acceptors (Lipinski definition) is 3. The molecule has 4 nitrogen and oxygen atoms in total. The Morgan fingerprint density at radius 2 is 2.00 bits per heavy atom. The van der Waals surface area contributed by atoms with Crippen LogP contribution in [0.15, 0.2) is 24.3 Å². The van der Waals surface area contributed by atoms with E-state index >= 15 is 0 Å². The van der Waals surface area contributed by atoms with E-state index in [2.05, 4.69) is 10.6 Å². The van der Waals surface area contributed by atoms with Crippen LogP contribution in [0.1, 0.15) is 20.3 Å². The Morgan fingerprint density at radius 3 is 2.60 bits per heavy atom. The van der Waals surface area contributed by atoms with Crippen molar-refractivity contribution in [3.63, 3.8) is 0 Å². The number of hydrogen-bond donors (Lipinski definition) is 2. The van der Waals surface area contributed by atoms with Crippen LogP contribution in [0.4, 0.5) is 4.39 Å². The number of halogens is 2. The first-order chi connectivity index (χ1) is 9.11. The van der Waals surface area contributed by atoms with E-state index in [1.807, 2.05) is 13.8 Å². The number of likely N-dealkylation sites (N-methyl/N-ethyl adjacent to an activating group) is 1. The molecule has 2 N–H and O–H groups in total. The Hall–Kier alpha value is -1.33. The summed E-state index contributed by atoms with van der Waals surface area (Å²) in [6.07, 6.45) is 0.288. The van der Waals surface area contributed by atoms with Gasteiger partial charge in [0.2, 0.25) is 5.91 Å². The first kappa shape index (κ1) is 18.7. The smallest absolute Gasteiger partial charge is 0.223 e. The molecule has 0 aliphatic carbocycles. The molecule has 0 aliphatic heterocycles. The fourth-order valence-corrected chi connectivity index (χ4v) is 1.57. The van der Waals surface area contributed by atoms with Crippen molar-refractivity contribution in [3.05, 3.63) is 30.1 Å². The molecular weight excluding hydrogens is 283 g/mol. The second kappa shape index (κ2) is 10.5. The maximum Gasteiger partial charge on any atom is 0.223 e. The number of carbonyl (C=O) groups excluding carboxylic acids is 1. The number of amides is 1. The molecule has 0 aromatic heterocycles. The highest BCUT2D eigenvalue weighted by Gasteiger charge is 2.04. The molecule has 20 heavy (non-hydrogen) atoms. The summed E-state index contributed by atoms with van der Waals surface area (Å²) in [6, 6.07) is 5.99. The molecule has 1 atom stereocenters. The Labute approximate surface area is 125 Å². The Balaban J connectivity index is 0.00000361. The standard InChI is InChI=1S/C14H21FN2O2.ClH/c1-3-16-11(2)10-17-14(18)8-9-19-13-6-4-12(15)5-7-13;/h4-7,11,16H,3,8-10H2,1-2H3,(H,17,18);1H/t11-;/m1./s1. The minimum absolute atomic E-state index is 0. The minimum Gasteiger partial charge on any atom is -0.493 e. The van der Waals surface area contributed by atoms with Gasteiger partial charge in [-0.25, -0.2) is 4.39 Å². The van der Waals surface area contributed by atoms with Crippen LogP contribution in [0.2, 0.25) is 0 Å². The number of ether oxygens (including phenoxy) is 1. The molecule has 1 amide bonds. The Kier molecular flexibility index (Phi) is 9.76. The van der Waals surface area contributed by atoms with Crippen LogP contribution < -0.4 is 15.4 Å². The number of carbonyl (C=O) groups is 1. The summed E-state index contributed by atoms with van der Waals surface area (Å²) in [5.41, 5.74) is 0. The van der Waals surface area contributed by atoms with Gasteiger partial charge < -0.3 is 15.4 Å². The van der Waals surface area contributed by atoms with Gasteiger partial charge in [0.25, 0.3) is 0 Å². The molecule has 0 saturated carbocycles. The molecule has 1 rings (SSSR count). The van der Waals surface area contributed by atoms with E-state index in [4.69, 9.17) is 4.74 Å². The highest BCUT2D eigenvalue weighted by Crippen LogP contribution is 2.10. The zero-order valence-corrected chi connectivity index (χ0v) is 12.6. The van der Waals surface area contributed by atoms with Crippen LogP contribution in [-0.4, -0.2) is 31.6 Å². The summed E-state index contributed by atoms with van der Waals surface area (Å²) in [5.74, 6) is 0.213. The lowest BCUT2D eigenvalue weighted by Gasteiger charge is -2.13. The van der Waals surface area contributed by atoms with Gasteiger partial charge in [-0.1, -0.05) is 6.92 Å². The van der Waals surface area contributed by atoms with Crippen LogP contribution in [0.25, 0.3) is 0 Å². The van der Waals surface area contributed by atoms with E-state index in [0.29, 0.717) is 12.3 Å². The third-order valence-corrected chi connectivity index (χ3v) is 2.57. The van der Waals surface area contributed by atoms with Crippen molar-refractivity contribution in [2.45, 2.75) is 26.3 Å². The molecule has 1 aromatic rings. The van der Waals surface area contributed by atoms with E-state index in [1.165, 1.54) is 12.1 Å². The van der Waals surface area contributed by atoms with Gasteiger partial charge >= 0.3 is 0 Å². The maximum atomic E-state index is 12.7. The summed E-state index contributed by atoms with van der Waals surface area (Å²) < 4.78 is 18.0. The average molecular weight is 305 g/mol. The third-order valence-electron chi connectivity index (χ3n) is 2.57. The fraction of sp³-hybridized carbons (Fsp3) is 0.500. The lowest BCUT2D eigenvalue weighted by Crippen LogP contribution is -2.39. The van der Waals surface area contributed by atoms with Gasteiger partial charge in [0, 0.05) is 12.6 Å². The van der Waals surface area contributed by atoms with Gasteiger partial charge in [-0.3, -0.25) is 4.79 Å². The van der Waals surface area contributed by atoms with Crippen LogP contribution in [0, 0.1) is 5.82 Å². The summed E-state index contributed by atoms with van der Waals surface area (Å²) in [7, 11) is 0. The van der Waals surface area contributed by atoms with Gasteiger partial charge in [0.05, 0.1) is 13.0 Å². The van der Waals surface area contributed by atoms with E-state index in [9.17, 15) is 9.18 Å². The SMILES string of the molecule is CCN[C@H](C)CNC(=O)CCOc1ccc(F)cc1.Cl. The molecule has 6 heteroatoms. The Bertz CT molecular complexity index is 387. The first-order valence-corrected chi connectivity index (χ1v) is 6.50. The minimum atomic E-state index is -0.303. The van der Waals surface area contributed by atoms with Crippen molar-refractivity contribution in [3.8, 4) is 5.75 Å². The molecule has 0 spiro atoms. The second-order valence-corrected chi connectivity index (χ2v) is 4.32. The molecule has 114 valence electrons. The highest BCUT2D eigenvalue weighted by atomic mass is 35.5. The number of rotatable bonds is 8. The van der Waals surface area contributed by atoms with Crippen molar-refractivity contribution in [1.29, 1.82) is 0 Å². The molecule has 0 unspecified atom stereocenters. The van der Waals surface area contributed by atoms with E-state index in [-0.39, 0.29) is 43.2 Å². The summed E-state index contributed by atoms with van der Waals surface area (Å²) in [5, 5.41) is 6.03. The molecule has 0 fully saturated rings. The molecule has 0 bridgehead atoms. The molecule has 0 radical (unpaired) electrons. The summed E-state index contributed by atoms with van der Waals surface area (Å²) >= 11 is 0. The van der Waals surface area contributed by atoms with Crippen molar-refractivity contribution in [1.82, 2.24) is 10.6 Å². The molecule has 0 heterocycles. The monoisotopic (exact) mass is 304 g/mol. The Morgan fingerprint density at radius 1 is 1.35 bits per heavy atom. The van der Waals surface area contributed by atoms with Gasteiger partial charge in [-0.2, -0.15) is 0 Å². The van der Waals surface area contributed by atoms with E-state index in [1.54, 1.807) is 12.1 Å². The second-order valence-electron chi connectivity index (χ2n) is 4.32. The largest absolute Gasteiger partial charge is 0.493 e. The van der Waals surface area contributed by atoms with Crippen molar-refractivity contribution >= 4 is 18.3 Å². The number of benzene rings is 1. The quantitative estimate of drug-likeness (QED) is 0.773. The predicted octanol–water partition coefficient (Wildman–Crippen LogP) is 2.13. The zero-order valence-electron chi connectivity index (χ0n) is 11.8. The van der Waals surface area contributed by atoms with Crippen LogP contribution in [0.3, 0.4) is 0 Å². The zero-order chi connectivity index (χ0) is 14.1. The van der Waals surface area contributed by atoms with Gasteiger partial charge in [-0.05, 0) is 37.7 Å². The van der Waals surface area contributed by atoms with Gasteiger partial charge in [0.15, 0.2) is 0 Å². The predicted molar refractivity (Wildman–Crippen MR) is 79.9 cm³/mol. The molecule has 0 saturated heterocycles. The molecular formula is C14H22ClFN2O2. The maximum absolute atomic E-state index is 12.7. The topological polar surface area (TPSA) is 50.4 Å². The third kappa shape index (κ3) is 7.96. The van der Waals surface area contributed by atoms with Gasteiger partial charge in [-0.15, -0.1) is 12.4 Å². The summed E-state index contributed by atoms with van der Waals surface area (Å²) in [6.45, 7) is 5.80. The van der Waals surface area contributed by atoms with Crippen molar-refractivity contribution in [2.75, 3.05) is 19.7 Å². The van der Waals surface area contributed by atoms with E-state index < -0.39 is 0 Å². The van der Waals surface area contributed by atoms with E-state index in [0.717, 1.165) is 6.54 Å². The fourth-order valence-electron chi connectivity index (χ4n) is 1.57. The number of nitrogens with one attached hydrogen (secondary N) is 2.